The number of nitrogens with one attached hydrogen (secondary N) is 4. The molecule has 0 aromatic heterocycles. The van der Waals surface area contributed by atoms with Crippen LogP contribution in [-0.4, -0.2) is 75.7 Å². The lowest BCUT2D eigenvalue weighted by molar-refractivity contribution is -0.144. The summed E-state index contributed by atoms with van der Waals surface area (Å²) in [7, 11) is 0. The van der Waals surface area contributed by atoms with Gasteiger partial charge in [-0.05, 0) is 43.0 Å². The van der Waals surface area contributed by atoms with Crippen LogP contribution < -0.4 is 21.3 Å². The van der Waals surface area contributed by atoms with E-state index in [-0.39, 0.29) is 12.2 Å². The summed E-state index contributed by atoms with van der Waals surface area (Å²) in [4.78, 5) is 61.3. The molecule has 4 unspecified atom stereocenters. The first-order valence-electron chi connectivity index (χ1n) is 11.3. The summed E-state index contributed by atoms with van der Waals surface area (Å²) in [5.74, 6) is -5.22. The molecule has 1 aliphatic heterocycles. The van der Waals surface area contributed by atoms with Gasteiger partial charge >= 0.3 is 11.9 Å². The van der Waals surface area contributed by atoms with Crippen LogP contribution in [0.1, 0.15) is 38.7 Å². The van der Waals surface area contributed by atoms with Crippen LogP contribution in [-0.2, 0) is 30.4 Å². The number of carbonyl (C=O) groups is 5. The highest BCUT2D eigenvalue weighted by molar-refractivity contribution is 5.95. The highest BCUT2D eigenvalue weighted by atomic mass is 16.4. The molecule has 35 heavy (non-hydrogen) atoms. The Morgan fingerprint density at radius 1 is 0.971 bits per heavy atom. The molecule has 2 rings (SSSR count). The molecule has 12 nitrogen and oxygen atoms in total. The van der Waals surface area contributed by atoms with E-state index in [4.69, 9.17) is 0 Å². The van der Waals surface area contributed by atoms with Gasteiger partial charge in [0.05, 0.1) is 12.5 Å². The van der Waals surface area contributed by atoms with Crippen LogP contribution in [0.4, 0.5) is 0 Å². The molecule has 1 saturated heterocycles. The van der Waals surface area contributed by atoms with Gasteiger partial charge in [0.2, 0.25) is 17.7 Å². The maximum Gasteiger partial charge on any atom is 0.326 e. The SMILES string of the molecule is CC(C)C(NC(=O)C(Cc1ccc(O)cc1)NC(=O)C(CC(=O)O)NC(=O)C1CCCN1)C(=O)O. The Morgan fingerprint density at radius 3 is 2.11 bits per heavy atom. The molecule has 4 atom stereocenters. The minimum absolute atomic E-state index is 0.00528. The van der Waals surface area contributed by atoms with Crippen LogP contribution in [0, 0.1) is 5.92 Å². The normalized spacial score (nSPS) is 17.7. The molecule has 1 fully saturated rings. The van der Waals surface area contributed by atoms with Gasteiger partial charge in [-0.1, -0.05) is 26.0 Å². The average molecular weight is 493 g/mol. The van der Waals surface area contributed by atoms with Gasteiger partial charge in [-0.3, -0.25) is 19.2 Å². The summed E-state index contributed by atoms with van der Waals surface area (Å²) in [6.45, 7) is 3.85. The topological polar surface area (TPSA) is 194 Å². The van der Waals surface area contributed by atoms with E-state index in [1.54, 1.807) is 13.8 Å². The van der Waals surface area contributed by atoms with Crippen molar-refractivity contribution in [3.05, 3.63) is 29.8 Å². The smallest absolute Gasteiger partial charge is 0.326 e. The second-order valence-electron chi connectivity index (χ2n) is 8.81. The molecule has 1 heterocycles. The van der Waals surface area contributed by atoms with Gasteiger partial charge in [-0.15, -0.1) is 0 Å². The summed E-state index contributed by atoms with van der Waals surface area (Å²) < 4.78 is 0. The number of benzene rings is 1. The van der Waals surface area contributed by atoms with Crippen molar-refractivity contribution in [3.8, 4) is 5.75 Å². The van der Waals surface area contributed by atoms with E-state index in [1.165, 1.54) is 24.3 Å². The summed E-state index contributed by atoms with van der Waals surface area (Å²) in [5, 5.41) is 38.4. The summed E-state index contributed by atoms with van der Waals surface area (Å²) in [5.41, 5.74) is 0.550. The van der Waals surface area contributed by atoms with Crippen LogP contribution in [0.15, 0.2) is 24.3 Å². The Labute approximate surface area is 202 Å². The van der Waals surface area contributed by atoms with Gasteiger partial charge in [-0.25, -0.2) is 4.79 Å². The van der Waals surface area contributed by atoms with E-state index in [1.807, 2.05) is 0 Å². The number of amides is 3. The van der Waals surface area contributed by atoms with Gasteiger partial charge in [0.1, 0.15) is 23.9 Å². The predicted molar refractivity (Wildman–Crippen MR) is 123 cm³/mol. The van der Waals surface area contributed by atoms with Crippen molar-refractivity contribution < 1.29 is 39.3 Å². The maximum absolute atomic E-state index is 13.0. The fraction of sp³-hybridized carbons (Fsp3) is 0.522. The van der Waals surface area contributed by atoms with E-state index in [0.29, 0.717) is 18.5 Å². The number of phenolic OH excluding ortho intramolecular Hbond substituents is 1. The molecule has 1 aliphatic rings. The zero-order valence-corrected chi connectivity index (χ0v) is 19.6. The summed E-state index contributed by atoms with van der Waals surface area (Å²) in [6.07, 6.45) is 0.538. The van der Waals surface area contributed by atoms with Crippen LogP contribution in [0.5, 0.6) is 5.75 Å². The molecule has 12 heteroatoms. The van der Waals surface area contributed by atoms with E-state index >= 15 is 0 Å². The van der Waals surface area contributed by atoms with E-state index in [9.17, 15) is 39.3 Å². The lowest BCUT2D eigenvalue weighted by Crippen LogP contribution is -2.58. The lowest BCUT2D eigenvalue weighted by atomic mass is 10.0. The monoisotopic (exact) mass is 492 g/mol. The third-order valence-electron chi connectivity index (χ3n) is 5.63. The Bertz CT molecular complexity index is 928. The van der Waals surface area contributed by atoms with Gasteiger partial charge < -0.3 is 36.6 Å². The number of carbonyl (C=O) groups excluding carboxylic acids is 3. The first-order valence-corrected chi connectivity index (χ1v) is 11.3. The van der Waals surface area contributed by atoms with Crippen molar-refractivity contribution in [1.82, 2.24) is 21.3 Å². The molecule has 0 saturated carbocycles. The zero-order valence-electron chi connectivity index (χ0n) is 19.6. The standard InChI is InChI=1S/C23H32N4O8/c1-12(2)19(23(34)35)27-22(33)16(10-13-5-7-14(28)8-6-13)25-21(32)17(11-18(29)30)26-20(31)15-4-3-9-24-15/h5-8,12,15-17,19,24,28H,3-4,9-11H2,1-2H3,(H,25,32)(H,26,31)(H,27,33)(H,29,30)(H,34,35). The van der Waals surface area contributed by atoms with Crippen molar-refractivity contribution in [1.29, 1.82) is 0 Å². The molecule has 0 aliphatic carbocycles. The number of aliphatic carboxylic acids is 2. The molecule has 3 amide bonds. The molecule has 0 radical (unpaired) electrons. The molecular formula is C23H32N4O8. The minimum Gasteiger partial charge on any atom is -0.508 e. The first kappa shape index (κ1) is 27.6. The van der Waals surface area contributed by atoms with Crippen molar-refractivity contribution in [2.24, 2.45) is 5.92 Å². The van der Waals surface area contributed by atoms with Crippen molar-refractivity contribution in [2.45, 2.75) is 63.7 Å². The Kier molecular flexibility index (Phi) is 10.0. The Balaban J connectivity index is 2.22. The second-order valence-corrected chi connectivity index (χ2v) is 8.81. The lowest BCUT2D eigenvalue weighted by Gasteiger charge is -2.25. The zero-order chi connectivity index (χ0) is 26.1. The molecular weight excluding hydrogens is 460 g/mol. The predicted octanol–water partition coefficient (Wildman–Crippen LogP) is -0.644. The number of aromatic hydroxyl groups is 1. The molecule has 0 spiro atoms. The van der Waals surface area contributed by atoms with E-state index in [0.717, 1.165) is 6.42 Å². The molecule has 7 N–H and O–H groups in total. The quantitative estimate of drug-likeness (QED) is 0.199. The fourth-order valence-electron chi connectivity index (χ4n) is 3.68. The molecule has 0 bridgehead atoms. The van der Waals surface area contributed by atoms with Crippen LogP contribution >= 0.6 is 0 Å². The van der Waals surface area contributed by atoms with Crippen LogP contribution in [0.25, 0.3) is 0 Å². The van der Waals surface area contributed by atoms with Gasteiger partial charge in [0, 0.05) is 6.42 Å². The number of carboxylic acid groups (broad SMARTS) is 2. The van der Waals surface area contributed by atoms with Gasteiger partial charge in [0.15, 0.2) is 0 Å². The summed E-state index contributed by atoms with van der Waals surface area (Å²) >= 11 is 0. The highest BCUT2D eigenvalue weighted by Gasteiger charge is 2.33. The molecule has 1 aromatic rings. The minimum atomic E-state index is -1.45. The van der Waals surface area contributed by atoms with E-state index < -0.39 is 66.2 Å². The maximum atomic E-state index is 13.0. The molecule has 1 aromatic carbocycles. The number of carboxylic acids is 2. The summed E-state index contributed by atoms with van der Waals surface area (Å²) in [6, 6.07) is 1.36. The number of phenols is 1. The highest BCUT2D eigenvalue weighted by Crippen LogP contribution is 2.13. The fourth-order valence-corrected chi connectivity index (χ4v) is 3.68. The van der Waals surface area contributed by atoms with Crippen molar-refractivity contribution in [2.75, 3.05) is 6.54 Å². The third kappa shape index (κ3) is 8.56. The third-order valence-corrected chi connectivity index (χ3v) is 5.63. The second kappa shape index (κ2) is 12.7. The largest absolute Gasteiger partial charge is 0.508 e. The Hall–Kier alpha value is -3.67. The van der Waals surface area contributed by atoms with Crippen LogP contribution in [0.2, 0.25) is 0 Å². The van der Waals surface area contributed by atoms with Crippen molar-refractivity contribution in [3.63, 3.8) is 0 Å². The van der Waals surface area contributed by atoms with E-state index in [2.05, 4.69) is 21.3 Å². The van der Waals surface area contributed by atoms with Gasteiger partial charge in [0.25, 0.3) is 0 Å². The number of hydrogen-bond donors (Lipinski definition) is 7. The van der Waals surface area contributed by atoms with Crippen LogP contribution in [0.3, 0.4) is 0 Å². The number of rotatable bonds is 12. The average Bonchev–Trinajstić information content (AvgIpc) is 3.32. The van der Waals surface area contributed by atoms with Crippen molar-refractivity contribution >= 4 is 29.7 Å². The number of hydrogen-bond acceptors (Lipinski definition) is 7. The molecule has 192 valence electrons. The van der Waals surface area contributed by atoms with Gasteiger partial charge in [-0.2, -0.15) is 0 Å². The first-order chi connectivity index (χ1) is 16.5. The Morgan fingerprint density at radius 2 is 1.60 bits per heavy atom.